The van der Waals surface area contributed by atoms with Gasteiger partial charge in [-0.15, -0.1) is 0 Å². The predicted molar refractivity (Wildman–Crippen MR) is 148 cm³/mol. The fraction of sp³-hybridized carbons (Fsp3) is 0.0741. The van der Waals surface area contributed by atoms with Gasteiger partial charge in [0.15, 0.2) is 0 Å². The van der Waals surface area contributed by atoms with Crippen molar-refractivity contribution >= 4 is 58.8 Å². The monoisotopic (exact) mass is 543 g/mol. The minimum absolute atomic E-state index is 0.569. The molecule has 0 bridgehead atoms. The fourth-order valence-electron chi connectivity index (χ4n) is 2.42. The zero-order chi connectivity index (χ0) is 23.3. The number of halogens is 2. The van der Waals surface area contributed by atoms with E-state index in [1.807, 2.05) is 6.92 Å². The first-order valence-electron chi connectivity index (χ1n) is 10.1. The maximum atomic E-state index is 4.70. The van der Waals surface area contributed by atoms with Crippen LogP contribution in [0.2, 0.25) is 0 Å². The Morgan fingerprint density at radius 2 is 0.688 bits per heavy atom. The van der Waals surface area contributed by atoms with Crippen molar-refractivity contribution in [2.24, 2.45) is 0 Å². The van der Waals surface area contributed by atoms with Gasteiger partial charge in [0.05, 0.1) is 0 Å². The largest absolute Gasteiger partial charge is 0.0622 e. The van der Waals surface area contributed by atoms with E-state index in [0.717, 1.165) is 23.6 Å². The van der Waals surface area contributed by atoms with Crippen molar-refractivity contribution in [1.82, 2.24) is 0 Å². The Kier molecular flexibility index (Phi) is 18.4. The Bertz CT molecular complexity index is 755. The van der Waals surface area contributed by atoms with Crippen molar-refractivity contribution in [2.45, 2.75) is 13.3 Å². The molecule has 0 radical (unpaired) electrons. The Labute approximate surface area is 212 Å². The van der Waals surface area contributed by atoms with Gasteiger partial charge in [0, 0.05) is 0 Å². The average molecular weight is 545 g/mol. The van der Waals surface area contributed by atoms with E-state index < -0.39 is 0 Å². The van der Waals surface area contributed by atoms with Gasteiger partial charge in [-0.05, 0) is 21.2 Å². The maximum absolute atomic E-state index is 4.70. The summed E-state index contributed by atoms with van der Waals surface area (Å²) >= 11 is 0.569. The van der Waals surface area contributed by atoms with Gasteiger partial charge in [0.25, 0.3) is 0 Å². The maximum Gasteiger partial charge on any atom is -0.0226 e. The molecular formula is C27H29Cl2NiP2. The number of rotatable bonds is 4. The van der Waals surface area contributed by atoms with Crippen LogP contribution in [0.1, 0.15) is 13.3 Å². The normalized spacial score (nSPS) is 9.25. The molecule has 4 aromatic rings. The van der Waals surface area contributed by atoms with Gasteiger partial charge in [-0.2, -0.15) is 6.42 Å². The summed E-state index contributed by atoms with van der Waals surface area (Å²) in [6.07, 6.45) is 1.00. The molecule has 4 rings (SSSR count). The third-order valence-electron chi connectivity index (χ3n) is 3.67. The smallest absolute Gasteiger partial charge is 0.0226 e. The van der Waals surface area contributed by atoms with Crippen molar-refractivity contribution in [3.05, 3.63) is 128 Å². The zero-order valence-electron chi connectivity index (χ0n) is 18.0. The summed E-state index contributed by atoms with van der Waals surface area (Å²) < 4.78 is 0. The zero-order valence-corrected chi connectivity index (χ0v) is 22.5. The molecule has 0 amide bonds. The Morgan fingerprint density at radius 3 is 0.844 bits per heavy atom. The summed E-state index contributed by atoms with van der Waals surface area (Å²) in [5.74, 6) is 0. The third-order valence-corrected chi connectivity index (χ3v) is 6.16. The number of hydrogen-bond acceptors (Lipinski definition) is 0. The molecule has 0 aromatic heterocycles. The molecule has 4 aromatic carbocycles. The Hall–Kier alpha value is -1.19. The second-order valence-electron chi connectivity index (χ2n) is 6.26. The molecule has 0 nitrogen and oxygen atoms in total. The van der Waals surface area contributed by atoms with Crippen LogP contribution >= 0.6 is 37.5 Å². The molecule has 5 heteroatoms. The van der Waals surface area contributed by atoms with E-state index in [1.54, 1.807) is 0 Å². The summed E-state index contributed by atoms with van der Waals surface area (Å²) in [5.41, 5.74) is 0. The summed E-state index contributed by atoms with van der Waals surface area (Å²) in [6.45, 7) is 5.50. The van der Waals surface area contributed by atoms with E-state index in [1.165, 1.54) is 21.2 Å². The number of hydrogen-bond donors (Lipinski definition) is 0. The minimum atomic E-state index is 0.569. The summed E-state index contributed by atoms with van der Waals surface area (Å²) in [4.78, 5) is 0. The van der Waals surface area contributed by atoms with Gasteiger partial charge in [0.2, 0.25) is 0 Å². The van der Waals surface area contributed by atoms with Crippen LogP contribution in [-0.2, 0) is 12.7 Å². The van der Waals surface area contributed by atoms with Gasteiger partial charge in [-0.1, -0.05) is 145 Å². The van der Waals surface area contributed by atoms with Crippen LogP contribution < -0.4 is 21.2 Å². The van der Waals surface area contributed by atoms with Crippen molar-refractivity contribution < 1.29 is 12.7 Å². The van der Waals surface area contributed by atoms with E-state index in [2.05, 4.69) is 128 Å². The van der Waals surface area contributed by atoms with E-state index in [-0.39, 0.29) is 0 Å². The van der Waals surface area contributed by atoms with Crippen LogP contribution in [0.15, 0.2) is 121 Å². The minimum Gasteiger partial charge on any atom is -0.0622 e. The van der Waals surface area contributed by atoms with E-state index in [9.17, 15) is 0 Å². The van der Waals surface area contributed by atoms with Crippen molar-refractivity contribution in [3.63, 3.8) is 0 Å². The molecule has 0 atom stereocenters. The molecular weight excluding hydrogens is 516 g/mol. The quantitative estimate of drug-likeness (QED) is 0.144. The first-order chi connectivity index (χ1) is 15.7. The molecule has 0 spiro atoms. The molecule has 0 aliphatic carbocycles. The molecule has 0 fully saturated rings. The molecule has 0 unspecified atom stereocenters. The van der Waals surface area contributed by atoms with Crippen LogP contribution in [0.3, 0.4) is 0 Å². The first kappa shape index (κ1) is 28.8. The standard InChI is InChI=1S/2C12H11P.C3H7.2ClH.Ni/c2*1-3-7-11(8-4-1)13-12-9-5-2-6-10-12;1-3-2;;;/h2*1-10,13H;1,3H2,2H3;2*1H;/q;;-1;;;+3/p-2. The Balaban J connectivity index is 0.000000258. The van der Waals surface area contributed by atoms with Gasteiger partial charge in [-0.3, -0.25) is 0 Å². The van der Waals surface area contributed by atoms with Crippen molar-refractivity contribution in [1.29, 1.82) is 0 Å². The first-order valence-corrected chi connectivity index (χ1v) is 14.8. The Morgan fingerprint density at radius 1 is 0.531 bits per heavy atom. The molecule has 0 N–H and O–H groups in total. The molecule has 0 aliphatic rings. The van der Waals surface area contributed by atoms with E-state index >= 15 is 0 Å². The van der Waals surface area contributed by atoms with Crippen LogP contribution in [0.5, 0.6) is 0 Å². The molecule has 32 heavy (non-hydrogen) atoms. The van der Waals surface area contributed by atoms with Gasteiger partial charge >= 0.3 is 33.0 Å². The van der Waals surface area contributed by atoms with E-state index in [4.69, 9.17) is 20.4 Å². The molecule has 0 saturated heterocycles. The summed E-state index contributed by atoms with van der Waals surface area (Å²) in [5, 5.41) is 5.59. The van der Waals surface area contributed by atoms with Crippen molar-refractivity contribution in [2.75, 3.05) is 0 Å². The van der Waals surface area contributed by atoms with Crippen LogP contribution in [0.4, 0.5) is 0 Å². The second kappa shape index (κ2) is 20.4. The van der Waals surface area contributed by atoms with Crippen molar-refractivity contribution in [3.8, 4) is 0 Å². The predicted octanol–water partition coefficient (Wildman–Crippen LogP) is 7.24. The fourth-order valence-corrected chi connectivity index (χ4v) is 4.52. The van der Waals surface area contributed by atoms with Crippen LogP contribution in [0.25, 0.3) is 0 Å². The SMILES string of the molecule is [CH2-]CC.[Cl][Ni+][Cl].c1ccc(Pc2ccccc2)cc1.c1ccc(Pc2ccccc2)cc1. The molecule has 0 saturated carbocycles. The second-order valence-corrected chi connectivity index (χ2v) is 10.7. The van der Waals surface area contributed by atoms with Gasteiger partial charge < -0.3 is 6.92 Å². The van der Waals surface area contributed by atoms with Gasteiger partial charge in [0.1, 0.15) is 0 Å². The van der Waals surface area contributed by atoms with Crippen LogP contribution in [0, 0.1) is 6.92 Å². The number of benzene rings is 4. The van der Waals surface area contributed by atoms with Crippen LogP contribution in [-0.4, -0.2) is 0 Å². The van der Waals surface area contributed by atoms with E-state index in [0.29, 0.717) is 12.7 Å². The molecule has 0 aliphatic heterocycles. The summed E-state index contributed by atoms with van der Waals surface area (Å²) in [7, 11) is 11.0. The van der Waals surface area contributed by atoms with Gasteiger partial charge in [-0.25, -0.2) is 0 Å². The third kappa shape index (κ3) is 14.8. The molecule has 0 heterocycles. The molecule has 171 valence electrons. The average Bonchev–Trinajstić information content (AvgIpc) is 2.83. The topological polar surface area (TPSA) is 0 Å². The summed E-state index contributed by atoms with van der Waals surface area (Å²) in [6, 6.07) is 42.3.